The Hall–Kier alpha value is -2.91. The average molecular weight is 432 g/mol. The molecular weight excluding hydrogens is 408 g/mol. The summed E-state index contributed by atoms with van der Waals surface area (Å²) in [5, 5.41) is 2.64. The number of ether oxygens (including phenoxy) is 2. The molecule has 1 saturated heterocycles. The van der Waals surface area contributed by atoms with E-state index < -0.39 is 21.9 Å². The summed E-state index contributed by atoms with van der Waals surface area (Å²) in [6.07, 6.45) is 2.74. The first-order chi connectivity index (χ1) is 14.4. The highest BCUT2D eigenvalue weighted by molar-refractivity contribution is 7.89. The largest absolute Gasteiger partial charge is 0.484 e. The molecular formula is C21H24N2O6S. The molecule has 1 heterocycles. The van der Waals surface area contributed by atoms with Gasteiger partial charge in [-0.25, -0.2) is 13.2 Å². The summed E-state index contributed by atoms with van der Waals surface area (Å²) in [5.41, 5.74) is 0.677. The zero-order valence-corrected chi connectivity index (χ0v) is 17.5. The van der Waals surface area contributed by atoms with E-state index in [1.807, 2.05) is 0 Å². The lowest BCUT2D eigenvalue weighted by molar-refractivity contribution is -0.118. The smallest absolute Gasteiger partial charge is 0.337 e. The van der Waals surface area contributed by atoms with Gasteiger partial charge in [-0.1, -0.05) is 18.6 Å². The van der Waals surface area contributed by atoms with Crippen LogP contribution in [0.4, 0.5) is 5.69 Å². The third-order valence-corrected chi connectivity index (χ3v) is 6.59. The lowest BCUT2D eigenvalue weighted by atomic mass is 10.2. The maximum Gasteiger partial charge on any atom is 0.337 e. The van der Waals surface area contributed by atoms with E-state index in [1.54, 1.807) is 30.3 Å². The van der Waals surface area contributed by atoms with Crippen molar-refractivity contribution in [2.24, 2.45) is 0 Å². The fourth-order valence-corrected chi connectivity index (χ4v) is 4.73. The normalized spacial score (nSPS) is 14.7. The number of nitrogens with one attached hydrogen (secondary N) is 1. The molecule has 3 rings (SSSR count). The van der Waals surface area contributed by atoms with Gasteiger partial charge in [0.25, 0.3) is 5.91 Å². The minimum atomic E-state index is -3.58. The van der Waals surface area contributed by atoms with E-state index in [4.69, 9.17) is 4.74 Å². The van der Waals surface area contributed by atoms with Gasteiger partial charge >= 0.3 is 5.97 Å². The summed E-state index contributed by atoms with van der Waals surface area (Å²) in [6, 6.07) is 12.5. The summed E-state index contributed by atoms with van der Waals surface area (Å²) in [6.45, 7) is 0.725. The molecule has 0 saturated carbocycles. The topological polar surface area (TPSA) is 102 Å². The molecule has 1 N–H and O–H groups in total. The van der Waals surface area contributed by atoms with Crippen LogP contribution in [0.25, 0.3) is 0 Å². The second-order valence-electron chi connectivity index (χ2n) is 6.85. The number of rotatable bonds is 7. The SMILES string of the molecule is COC(=O)c1cccc(OCC(=O)Nc2cccc(S(=O)(=O)N3CCCCC3)c2)c1. The number of benzene rings is 2. The van der Waals surface area contributed by atoms with Crippen molar-refractivity contribution in [2.75, 3.05) is 32.1 Å². The number of anilines is 1. The number of carbonyl (C=O) groups excluding carboxylic acids is 2. The van der Waals surface area contributed by atoms with Crippen LogP contribution in [0.2, 0.25) is 0 Å². The van der Waals surface area contributed by atoms with E-state index in [0.29, 0.717) is 30.1 Å². The molecule has 0 aliphatic carbocycles. The first kappa shape index (κ1) is 21.8. The predicted molar refractivity (Wildman–Crippen MR) is 111 cm³/mol. The number of esters is 1. The predicted octanol–water partition coefficient (Wildman–Crippen LogP) is 2.67. The van der Waals surface area contributed by atoms with Gasteiger partial charge in [-0.15, -0.1) is 0 Å². The molecule has 1 amide bonds. The zero-order valence-electron chi connectivity index (χ0n) is 16.7. The van der Waals surface area contributed by atoms with E-state index in [1.165, 1.54) is 29.6 Å². The van der Waals surface area contributed by atoms with Crippen LogP contribution in [0.3, 0.4) is 0 Å². The van der Waals surface area contributed by atoms with Gasteiger partial charge in [-0.05, 0) is 49.2 Å². The minimum Gasteiger partial charge on any atom is -0.484 e. The monoisotopic (exact) mass is 432 g/mol. The Bertz CT molecular complexity index is 1020. The highest BCUT2D eigenvalue weighted by atomic mass is 32.2. The average Bonchev–Trinajstić information content (AvgIpc) is 2.78. The van der Waals surface area contributed by atoms with Gasteiger partial charge in [0.1, 0.15) is 5.75 Å². The number of amides is 1. The van der Waals surface area contributed by atoms with E-state index in [0.717, 1.165) is 19.3 Å². The van der Waals surface area contributed by atoms with Crippen molar-refractivity contribution >= 4 is 27.6 Å². The molecule has 0 spiro atoms. The maximum absolute atomic E-state index is 12.8. The molecule has 1 aliphatic heterocycles. The molecule has 0 radical (unpaired) electrons. The van der Waals surface area contributed by atoms with Crippen molar-refractivity contribution in [3.63, 3.8) is 0 Å². The van der Waals surface area contributed by atoms with Crippen LogP contribution in [-0.4, -0.2) is 51.4 Å². The van der Waals surface area contributed by atoms with Crippen LogP contribution >= 0.6 is 0 Å². The van der Waals surface area contributed by atoms with E-state index in [9.17, 15) is 18.0 Å². The molecule has 1 fully saturated rings. The second kappa shape index (κ2) is 9.73. The van der Waals surface area contributed by atoms with Gasteiger partial charge in [0, 0.05) is 18.8 Å². The third kappa shape index (κ3) is 5.37. The van der Waals surface area contributed by atoms with Crippen molar-refractivity contribution in [3.05, 3.63) is 54.1 Å². The van der Waals surface area contributed by atoms with Crippen molar-refractivity contribution in [1.29, 1.82) is 0 Å². The molecule has 2 aromatic rings. The maximum atomic E-state index is 12.8. The highest BCUT2D eigenvalue weighted by Gasteiger charge is 2.26. The lowest BCUT2D eigenvalue weighted by Gasteiger charge is -2.26. The van der Waals surface area contributed by atoms with Gasteiger partial charge in [0.2, 0.25) is 10.0 Å². The van der Waals surface area contributed by atoms with Crippen molar-refractivity contribution < 1.29 is 27.5 Å². The van der Waals surface area contributed by atoms with Crippen LogP contribution in [-0.2, 0) is 19.6 Å². The number of methoxy groups -OCH3 is 1. The number of sulfonamides is 1. The number of carbonyl (C=O) groups is 2. The molecule has 0 bridgehead atoms. The van der Waals surface area contributed by atoms with Crippen LogP contribution in [0.15, 0.2) is 53.4 Å². The molecule has 0 atom stereocenters. The van der Waals surface area contributed by atoms with E-state index in [-0.39, 0.29) is 11.5 Å². The Morgan fingerprint density at radius 3 is 2.50 bits per heavy atom. The summed E-state index contributed by atoms with van der Waals surface area (Å²) in [4.78, 5) is 23.9. The number of nitrogens with zero attached hydrogens (tertiary/aromatic N) is 1. The van der Waals surface area contributed by atoms with Gasteiger partial charge in [-0.3, -0.25) is 4.79 Å². The van der Waals surface area contributed by atoms with E-state index >= 15 is 0 Å². The van der Waals surface area contributed by atoms with Gasteiger partial charge in [-0.2, -0.15) is 4.31 Å². The highest BCUT2D eigenvalue weighted by Crippen LogP contribution is 2.23. The molecule has 160 valence electrons. The molecule has 9 heteroatoms. The quantitative estimate of drug-likeness (QED) is 0.675. The first-order valence-corrected chi connectivity index (χ1v) is 11.1. The molecule has 0 unspecified atom stereocenters. The fraction of sp³-hybridized carbons (Fsp3) is 0.333. The number of piperidine rings is 1. The van der Waals surface area contributed by atoms with Crippen LogP contribution < -0.4 is 10.1 Å². The van der Waals surface area contributed by atoms with Crippen molar-refractivity contribution in [1.82, 2.24) is 4.31 Å². The van der Waals surface area contributed by atoms with Gasteiger partial charge in [0.05, 0.1) is 17.6 Å². The van der Waals surface area contributed by atoms with Crippen LogP contribution in [0.1, 0.15) is 29.6 Å². The Labute approximate surface area is 175 Å². The number of hydrogen-bond donors (Lipinski definition) is 1. The van der Waals surface area contributed by atoms with Crippen molar-refractivity contribution in [2.45, 2.75) is 24.2 Å². The standard InChI is InChI=1S/C21H24N2O6S/c1-28-21(25)16-7-5-9-18(13-16)29-15-20(24)22-17-8-6-10-19(14-17)30(26,27)23-11-3-2-4-12-23/h5-10,13-14H,2-4,11-12,15H2,1H3,(H,22,24). The minimum absolute atomic E-state index is 0.147. The Morgan fingerprint density at radius 2 is 1.77 bits per heavy atom. The fourth-order valence-electron chi connectivity index (χ4n) is 3.17. The molecule has 0 aromatic heterocycles. The number of hydrogen-bond acceptors (Lipinski definition) is 6. The third-order valence-electron chi connectivity index (χ3n) is 4.70. The summed E-state index contributed by atoms with van der Waals surface area (Å²) < 4.78 is 37.2. The summed E-state index contributed by atoms with van der Waals surface area (Å²) in [5.74, 6) is -0.614. The first-order valence-electron chi connectivity index (χ1n) is 9.61. The molecule has 8 nitrogen and oxygen atoms in total. The zero-order chi connectivity index (χ0) is 21.6. The van der Waals surface area contributed by atoms with Crippen LogP contribution in [0.5, 0.6) is 5.75 Å². The molecule has 2 aromatic carbocycles. The van der Waals surface area contributed by atoms with Crippen molar-refractivity contribution in [3.8, 4) is 5.75 Å². The molecule has 1 aliphatic rings. The summed E-state index contributed by atoms with van der Waals surface area (Å²) in [7, 11) is -2.30. The molecule has 30 heavy (non-hydrogen) atoms. The second-order valence-corrected chi connectivity index (χ2v) is 8.79. The van der Waals surface area contributed by atoms with E-state index in [2.05, 4.69) is 10.1 Å². The summed E-state index contributed by atoms with van der Waals surface area (Å²) >= 11 is 0. The lowest BCUT2D eigenvalue weighted by Crippen LogP contribution is -2.35. The van der Waals surface area contributed by atoms with Gasteiger partial charge in [0.15, 0.2) is 6.61 Å². The Kier molecular flexibility index (Phi) is 7.07. The Balaban J connectivity index is 1.62. The Morgan fingerprint density at radius 1 is 1.03 bits per heavy atom. The van der Waals surface area contributed by atoms with Gasteiger partial charge < -0.3 is 14.8 Å². The van der Waals surface area contributed by atoms with Crippen LogP contribution in [0, 0.1) is 0 Å².